The van der Waals surface area contributed by atoms with Gasteiger partial charge in [0.1, 0.15) is 11.6 Å². The summed E-state index contributed by atoms with van der Waals surface area (Å²) < 4.78 is 51.9. The Kier molecular flexibility index (Phi) is 5.65. The fourth-order valence-corrected chi connectivity index (χ4v) is 3.01. The molecule has 1 atom stereocenters. The monoisotopic (exact) mass is 320 g/mol. The van der Waals surface area contributed by atoms with Crippen molar-refractivity contribution < 1.29 is 22.0 Å². The molecular weight excluding hydrogens is 302 g/mol. The van der Waals surface area contributed by atoms with Crippen LogP contribution in [0, 0.1) is 17.6 Å². The summed E-state index contributed by atoms with van der Waals surface area (Å²) in [5.41, 5.74) is -0.354. The molecule has 2 N–H and O–H groups in total. The highest BCUT2D eigenvalue weighted by atomic mass is 32.2. The molecule has 0 radical (unpaired) electrons. The van der Waals surface area contributed by atoms with Crippen molar-refractivity contribution in [2.24, 2.45) is 5.92 Å². The van der Waals surface area contributed by atoms with Crippen LogP contribution >= 0.6 is 0 Å². The Morgan fingerprint density at radius 3 is 2.38 bits per heavy atom. The van der Waals surface area contributed by atoms with Gasteiger partial charge in [-0.2, -0.15) is 0 Å². The highest BCUT2D eigenvalue weighted by Crippen LogP contribution is 2.17. The smallest absolute Gasteiger partial charge is 0.233 e. The van der Waals surface area contributed by atoms with E-state index in [4.69, 9.17) is 0 Å². The molecule has 0 spiro atoms. The Labute approximate surface area is 122 Å². The van der Waals surface area contributed by atoms with Gasteiger partial charge in [0.2, 0.25) is 15.9 Å². The fraction of sp³-hybridized carbons (Fsp3) is 0.462. The molecule has 0 fully saturated rings. The first-order valence-electron chi connectivity index (χ1n) is 6.36. The number of carbonyl (C=O) groups excluding carboxylic acids is 1. The van der Waals surface area contributed by atoms with E-state index in [1.807, 2.05) is 4.72 Å². The van der Waals surface area contributed by atoms with Crippen LogP contribution in [-0.4, -0.2) is 26.1 Å². The number of hydrogen-bond donors (Lipinski definition) is 2. The lowest BCUT2D eigenvalue weighted by Gasteiger charge is -2.15. The van der Waals surface area contributed by atoms with E-state index in [-0.39, 0.29) is 11.7 Å². The van der Waals surface area contributed by atoms with Crippen molar-refractivity contribution in [3.63, 3.8) is 0 Å². The van der Waals surface area contributed by atoms with Crippen LogP contribution in [0.25, 0.3) is 0 Å². The Morgan fingerprint density at radius 2 is 1.86 bits per heavy atom. The normalized spacial score (nSPS) is 13.0. The van der Waals surface area contributed by atoms with E-state index in [2.05, 4.69) is 5.32 Å². The summed E-state index contributed by atoms with van der Waals surface area (Å²) >= 11 is 0. The van der Waals surface area contributed by atoms with Crippen molar-refractivity contribution in [3.8, 4) is 0 Å². The Bertz CT molecular complexity index is 618. The maximum absolute atomic E-state index is 13.4. The van der Waals surface area contributed by atoms with Gasteiger partial charge < -0.3 is 5.32 Å². The first-order chi connectivity index (χ1) is 9.60. The van der Waals surface area contributed by atoms with Crippen LogP contribution in [0.15, 0.2) is 18.2 Å². The van der Waals surface area contributed by atoms with E-state index < -0.39 is 39.2 Å². The largest absolute Gasteiger partial charge is 0.354 e. The lowest BCUT2D eigenvalue weighted by Crippen LogP contribution is -2.38. The first-order valence-corrected chi connectivity index (χ1v) is 8.02. The first kappa shape index (κ1) is 17.4. The van der Waals surface area contributed by atoms with E-state index >= 15 is 0 Å². The van der Waals surface area contributed by atoms with E-state index in [1.54, 1.807) is 13.8 Å². The second-order valence-electron chi connectivity index (χ2n) is 5.07. The van der Waals surface area contributed by atoms with Gasteiger partial charge in [0.05, 0.1) is 17.4 Å². The third-order valence-corrected chi connectivity index (χ3v) is 4.01. The molecule has 0 aliphatic carbocycles. The minimum atomic E-state index is -3.92. The van der Waals surface area contributed by atoms with Crippen molar-refractivity contribution in [2.75, 3.05) is 10.5 Å². The van der Waals surface area contributed by atoms with Gasteiger partial charge in [-0.3, -0.25) is 9.52 Å². The van der Waals surface area contributed by atoms with Gasteiger partial charge in [0.15, 0.2) is 0 Å². The Hall–Kier alpha value is -1.70. The van der Waals surface area contributed by atoms with Gasteiger partial charge >= 0.3 is 0 Å². The van der Waals surface area contributed by atoms with Crippen LogP contribution < -0.4 is 10.0 Å². The van der Waals surface area contributed by atoms with Gasteiger partial charge in [-0.1, -0.05) is 6.92 Å². The number of amides is 1. The summed E-state index contributed by atoms with van der Waals surface area (Å²) in [5, 5.41) is 2.59. The predicted molar refractivity (Wildman–Crippen MR) is 76.2 cm³/mol. The minimum Gasteiger partial charge on any atom is -0.354 e. The summed E-state index contributed by atoms with van der Waals surface area (Å²) in [6.45, 7) is 4.97. The topological polar surface area (TPSA) is 75.3 Å². The molecule has 0 aliphatic heterocycles. The number of rotatable bonds is 6. The molecule has 1 amide bonds. The molecule has 8 heteroatoms. The average Bonchev–Trinajstić information content (AvgIpc) is 2.31. The maximum atomic E-state index is 13.4. The summed E-state index contributed by atoms with van der Waals surface area (Å²) in [7, 11) is -3.92. The molecule has 0 heterocycles. The van der Waals surface area contributed by atoms with Crippen LogP contribution in [0.3, 0.4) is 0 Å². The molecule has 21 heavy (non-hydrogen) atoms. The van der Waals surface area contributed by atoms with Crippen molar-refractivity contribution >= 4 is 21.6 Å². The average molecular weight is 320 g/mol. The fourth-order valence-electron chi connectivity index (χ4n) is 1.61. The SMILES string of the molecule is CC(C)NC(=O)C(C)CS(=O)(=O)Nc1ccc(F)cc1F. The second kappa shape index (κ2) is 6.84. The summed E-state index contributed by atoms with van der Waals surface area (Å²) in [4.78, 5) is 11.7. The lowest BCUT2D eigenvalue weighted by atomic mass is 10.2. The zero-order valence-electron chi connectivity index (χ0n) is 12.0. The Balaban J connectivity index is 2.76. The van der Waals surface area contributed by atoms with Gasteiger partial charge in [-0.05, 0) is 26.0 Å². The van der Waals surface area contributed by atoms with Crippen molar-refractivity contribution in [1.82, 2.24) is 5.32 Å². The van der Waals surface area contributed by atoms with Crippen molar-refractivity contribution in [2.45, 2.75) is 26.8 Å². The van der Waals surface area contributed by atoms with Crippen LogP contribution in [-0.2, 0) is 14.8 Å². The molecule has 0 saturated heterocycles. The molecule has 1 aromatic carbocycles. The second-order valence-corrected chi connectivity index (χ2v) is 6.84. The van der Waals surface area contributed by atoms with E-state index in [9.17, 15) is 22.0 Å². The van der Waals surface area contributed by atoms with Gasteiger partial charge in [0, 0.05) is 12.1 Å². The highest BCUT2D eigenvalue weighted by molar-refractivity contribution is 7.92. The minimum absolute atomic E-state index is 0.106. The zero-order chi connectivity index (χ0) is 16.2. The standard InChI is InChI=1S/C13H18F2N2O3S/c1-8(2)16-13(18)9(3)7-21(19,20)17-12-5-4-10(14)6-11(12)15/h4-6,8-9,17H,7H2,1-3H3,(H,16,18). The highest BCUT2D eigenvalue weighted by Gasteiger charge is 2.22. The third-order valence-electron chi connectivity index (χ3n) is 2.54. The number of carbonyl (C=O) groups is 1. The predicted octanol–water partition coefficient (Wildman–Crippen LogP) is 1.87. The molecule has 0 aromatic heterocycles. The van der Waals surface area contributed by atoms with E-state index in [1.165, 1.54) is 6.92 Å². The van der Waals surface area contributed by atoms with Crippen LogP contribution in [0.4, 0.5) is 14.5 Å². The van der Waals surface area contributed by atoms with Crippen LogP contribution in [0.1, 0.15) is 20.8 Å². The number of halogens is 2. The van der Waals surface area contributed by atoms with Gasteiger partial charge in [-0.25, -0.2) is 17.2 Å². The van der Waals surface area contributed by atoms with Crippen LogP contribution in [0.5, 0.6) is 0 Å². The molecule has 0 saturated carbocycles. The van der Waals surface area contributed by atoms with Crippen LogP contribution in [0.2, 0.25) is 0 Å². The summed E-state index contributed by atoms with van der Waals surface area (Å²) in [6, 6.07) is 2.40. The van der Waals surface area contributed by atoms with E-state index in [0.717, 1.165) is 12.1 Å². The molecular formula is C13H18F2N2O3S. The number of sulfonamides is 1. The molecule has 1 unspecified atom stereocenters. The van der Waals surface area contributed by atoms with Crippen molar-refractivity contribution in [1.29, 1.82) is 0 Å². The molecule has 0 aliphatic rings. The number of anilines is 1. The summed E-state index contributed by atoms with van der Waals surface area (Å²) in [5.74, 6) is -3.52. The third kappa shape index (κ3) is 5.66. The zero-order valence-corrected chi connectivity index (χ0v) is 12.8. The van der Waals surface area contributed by atoms with Gasteiger partial charge in [0.25, 0.3) is 0 Å². The summed E-state index contributed by atoms with van der Waals surface area (Å²) in [6.07, 6.45) is 0. The van der Waals surface area contributed by atoms with Gasteiger partial charge in [-0.15, -0.1) is 0 Å². The quantitative estimate of drug-likeness (QED) is 0.840. The molecule has 118 valence electrons. The van der Waals surface area contributed by atoms with Crippen molar-refractivity contribution in [3.05, 3.63) is 29.8 Å². The lowest BCUT2D eigenvalue weighted by molar-refractivity contribution is -0.124. The number of hydrogen-bond acceptors (Lipinski definition) is 3. The molecule has 1 rings (SSSR count). The molecule has 0 bridgehead atoms. The molecule has 1 aromatic rings. The molecule has 5 nitrogen and oxygen atoms in total. The number of benzene rings is 1. The maximum Gasteiger partial charge on any atom is 0.233 e. The van der Waals surface area contributed by atoms with E-state index in [0.29, 0.717) is 6.07 Å². The Morgan fingerprint density at radius 1 is 1.24 bits per heavy atom. The number of nitrogens with one attached hydrogen (secondary N) is 2.